The van der Waals surface area contributed by atoms with E-state index < -0.39 is 0 Å². The number of hydrogen-bond acceptors (Lipinski definition) is 3. The molecule has 0 fully saturated rings. The lowest BCUT2D eigenvalue weighted by Gasteiger charge is -2.06. The number of benzene rings is 1. The Balaban J connectivity index is 2.08. The van der Waals surface area contributed by atoms with Gasteiger partial charge in [-0.3, -0.25) is 4.79 Å². The number of nitrogens with one attached hydrogen (secondary N) is 1. The van der Waals surface area contributed by atoms with Crippen molar-refractivity contribution < 1.29 is 9.90 Å². The molecule has 0 saturated carbocycles. The molecule has 1 aromatic heterocycles. The predicted octanol–water partition coefficient (Wildman–Crippen LogP) is 2.72. The highest BCUT2D eigenvalue weighted by atomic mass is 32.1. The predicted molar refractivity (Wildman–Crippen MR) is 85.2 cm³/mol. The summed E-state index contributed by atoms with van der Waals surface area (Å²) < 4.78 is 0. The van der Waals surface area contributed by atoms with Gasteiger partial charge in [0.25, 0.3) is 5.91 Å². The monoisotopic (exact) mass is 299 g/mol. The highest BCUT2D eigenvalue weighted by Crippen LogP contribution is 2.10. The Morgan fingerprint density at radius 2 is 2.24 bits per heavy atom. The Hall–Kier alpha value is -2.09. The fraction of sp³-hybridized carbons (Fsp3) is 0.235. The molecule has 1 aromatic carbocycles. The summed E-state index contributed by atoms with van der Waals surface area (Å²) in [7, 11) is 0. The van der Waals surface area contributed by atoms with E-state index >= 15 is 0 Å². The second kappa shape index (κ2) is 7.63. The summed E-state index contributed by atoms with van der Waals surface area (Å²) in [5.41, 5.74) is 3.50. The molecule has 0 aliphatic heterocycles. The highest BCUT2D eigenvalue weighted by Gasteiger charge is 2.07. The van der Waals surface area contributed by atoms with E-state index in [9.17, 15) is 4.79 Å². The summed E-state index contributed by atoms with van der Waals surface area (Å²) in [5, 5.41) is 15.6. The Bertz CT molecular complexity index is 666. The minimum Gasteiger partial charge on any atom is -0.395 e. The zero-order valence-electron chi connectivity index (χ0n) is 11.8. The van der Waals surface area contributed by atoms with Gasteiger partial charge in [0.05, 0.1) is 6.61 Å². The van der Waals surface area contributed by atoms with E-state index in [2.05, 4.69) is 17.2 Å². The molecule has 2 rings (SSSR count). The first kappa shape index (κ1) is 15.3. The summed E-state index contributed by atoms with van der Waals surface area (Å²) in [5.74, 6) is 5.73. The van der Waals surface area contributed by atoms with Gasteiger partial charge in [-0.05, 0) is 53.1 Å². The Morgan fingerprint density at radius 3 is 2.95 bits per heavy atom. The molecule has 0 spiro atoms. The van der Waals surface area contributed by atoms with Gasteiger partial charge in [0.1, 0.15) is 0 Å². The van der Waals surface area contributed by atoms with Gasteiger partial charge in [0.2, 0.25) is 0 Å². The first-order chi connectivity index (χ1) is 10.2. The van der Waals surface area contributed by atoms with Crippen molar-refractivity contribution in [2.24, 2.45) is 0 Å². The molecule has 0 aliphatic rings. The lowest BCUT2D eigenvalue weighted by Crippen LogP contribution is -2.22. The van der Waals surface area contributed by atoms with E-state index in [0.29, 0.717) is 18.5 Å². The molecule has 1 amide bonds. The Kier molecular flexibility index (Phi) is 5.56. The van der Waals surface area contributed by atoms with E-state index in [4.69, 9.17) is 5.11 Å². The first-order valence-corrected chi connectivity index (χ1v) is 7.64. The second-order valence-corrected chi connectivity index (χ2v) is 5.46. The summed E-state index contributed by atoms with van der Waals surface area (Å²) in [6.07, 6.45) is 0.438. The van der Waals surface area contributed by atoms with Gasteiger partial charge in [-0.1, -0.05) is 11.8 Å². The van der Waals surface area contributed by atoms with Crippen LogP contribution in [0.2, 0.25) is 0 Å². The fourth-order valence-electron chi connectivity index (χ4n) is 1.88. The van der Waals surface area contributed by atoms with Gasteiger partial charge in [0, 0.05) is 24.1 Å². The summed E-state index contributed by atoms with van der Waals surface area (Å²) in [4.78, 5) is 12.2. The third kappa shape index (κ3) is 4.75. The van der Waals surface area contributed by atoms with E-state index in [-0.39, 0.29) is 12.5 Å². The largest absolute Gasteiger partial charge is 0.395 e. The Morgan fingerprint density at radius 1 is 1.38 bits per heavy atom. The third-order valence-corrected chi connectivity index (χ3v) is 3.57. The van der Waals surface area contributed by atoms with Crippen LogP contribution in [0.4, 0.5) is 0 Å². The van der Waals surface area contributed by atoms with Crippen LogP contribution in [0.15, 0.2) is 35.0 Å². The normalized spacial score (nSPS) is 9.81. The molecule has 2 aromatic rings. The summed E-state index contributed by atoms with van der Waals surface area (Å²) in [6, 6.07) is 7.55. The van der Waals surface area contributed by atoms with Gasteiger partial charge in [-0.15, -0.1) is 0 Å². The topological polar surface area (TPSA) is 49.3 Å². The van der Waals surface area contributed by atoms with Gasteiger partial charge in [-0.2, -0.15) is 11.3 Å². The molecule has 4 heteroatoms. The van der Waals surface area contributed by atoms with Crippen molar-refractivity contribution in [1.82, 2.24) is 5.32 Å². The zero-order chi connectivity index (χ0) is 15.1. The fourth-order valence-corrected chi connectivity index (χ4v) is 2.55. The number of aliphatic hydroxyl groups is 1. The number of amides is 1. The van der Waals surface area contributed by atoms with Crippen molar-refractivity contribution in [2.75, 3.05) is 6.61 Å². The third-order valence-electron chi connectivity index (χ3n) is 2.84. The van der Waals surface area contributed by atoms with Gasteiger partial charge in [-0.25, -0.2) is 0 Å². The number of rotatable bonds is 4. The van der Waals surface area contributed by atoms with Crippen molar-refractivity contribution in [3.63, 3.8) is 0 Å². The number of aryl methyl sites for hydroxylation is 1. The molecule has 0 unspecified atom stereocenters. The Labute approximate surface area is 128 Å². The van der Waals surface area contributed by atoms with Crippen LogP contribution in [0.1, 0.15) is 33.5 Å². The van der Waals surface area contributed by atoms with Crippen LogP contribution >= 0.6 is 11.3 Å². The van der Waals surface area contributed by atoms with Crippen molar-refractivity contribution in [3.05, 3.63) is 57.3 Å². The average Bonchev–Trinajstić information content (AvgIpc) is 2.98. The van der Waals surface area contributed by atoms with Crippen molar-refractivity contribution in [1.29, 1.82) is 0 Å². The zero-order valence-corrected chi connectivity index (χ0v) is 12.7. The van der Waals surface area contributed by atoms with Crippen LogP contribution in [0, 0.1) is 18.8 Å². The van der Waals surface area contributed by atoms with E-state index in [0.717, 1.165) is 16.7 Å². The molecule has 1 heterocycles. The number of hydrogen-bond donors (Lipinski definition) is 2. The molecule has 3 nitrogen and oxygen atoms in total. The van der Waals surface area contributed by atoms with Crippen molar-refractivity contribution in [2.45, 2.75) is 19.9 Å². The van der Waals surface area contributed by atoms with E-state index in [1.165, 1.54) is 0 Å². The van der Waals surface area contributed by atoms with Crippen LogP contribution < -0.4 is 5.32 Å². The van der Waals surface area contributed by atoms with Crippen molar-refractivity contribution >= 4 is 17.2 Å². The maximum absolute atomic E-state index is 12.2. The lowest BCUT2D eigenvalue weighted by atomic mass is 10.1. The van der Waals surface area contributed by atoms with Gasteiger partial charge in [0.15, 0.2) is 0 Å². The number of carbonyl (C=O) groups excluding carboxylic acids is 1. The molecule has 0 aliphatic carbocycles. The van der Waals surface area contributed by atoms with Gasteiger partial charge >= 0.3 is 0 Å². The molecule has 0 atom stereocenters. The van der Waals surface area contributed by atoms with Crippen LogP contribution in [0.5, 0.6) is 0 Å². The molecule has 2 N–H and O–H groups in total. The minimum atomic E-state index is -0.102. The maximum atomic E-state index is 12.2. The quantitative estimate of drug-likeness (QED) is 0.853. The first-order valence-electron chi connectivity index (χ1n) is 6.70. The van der Waals surface area contributed by atoms with Crippen LogP contribution in [-0.2, 0) is 6.54 Å². The average molecular weight is 299 g/mol. The molecule has 0 saturated heterocycles. The number of thiophene rings is 1. The number of carbonyl (C=O) groups is 1. The smallest absolute Gasteiger partial charge is 0.251 e. The molecular weight excluding hydrogens is 282 g/mol. The van der Waals surface area contributed by atoms with Gasteiger partial charge < -0.3 is 10.4 Å². The second-order valence-electron chi connectivity index (χ2n) is 4.68. The van der Waals surface area contributed by atoms with Crippen LogP contribution in [-0.4, -0.2) is 17.6 Å². The number of aliphatic hydroxyl groups excluding tert-OH is 1. The SMILES string of the molecule is Cc1cc(C#CCCO)cc(C(=O)NCc2ccsc2)c1. The minimum absolute atomic E-state index is 0.0484. The molecular formula is C17H17NO2S. The molecule has 0 bridgehead atoms. The lowest BCUT2D eigenvalue weighted by molar-refractivity contribution is 0.0951. The van der Waals surface area contributed by atoms with E-state index in [1.807, 2.05) is 35.9 Å². The molecule has 0 radical (unpaired) electrons. The maximum Gasteiger partial charge on any atom is 0.251 e. The molecule has 21 heavy (non-hydrogen) atoms. The summed E-state index contributed by atoms with van der Waals surface area (Å²) in [6.45, 7) is 2.52. The molecule has 108 valence electrons. The van der Waals surface area contributed by atoms with Crippen molar-refractivity contribution in [3.8, 4) is 11.8 Å². The van der Waals surface area contributed by atoms with Crippen LogP contribution in [0.3, 0.4) is 0 Å². The van der Waals surface area contributed by atoms with Crippen LogP contribution in [0.25, 0.3) is 0 Å². The van der Waals surface area contributed by atoms with E-state index in [1.54, 1.807) is 17.4 Å². The highest BCUT2D eigenvalue weighted by molar-refractivity contribution is 7.07. The summed E-state index contributed by atoms with van der Waals surface area (Å²) >= 11 is 1.61. The standard InChI is InChI=1S/C17H17NO2S/c1-13-8-14(4-2-3-6-19)10-16(9-13)17(20)18-11-15-5-7-21-12-15/h5,7-10,12,19H,3,6,11H2,1H3,(H,18,20).